The molecule has 2 aliphatic rings. The van der Waals surface area contributed by atoms with Gasteiger partial charge in [0, 0.05) is 30.8 Å². The molecule has 1 heterocycles. The molecular formula is C21H32N2O4. The summed E-state index contributed by atoms with van der Waals surface area (Å²) in [6, 6.07) is 3.75. The van der Waals surface area contributed by atoms with Gasteiger partial charge < -0.3 is 20.6 Å². The molecule has 150 valence electrons. The summed E-state index contributed by atoms with van der Waals surface area (Å²) >= 11 is 0. The molecule has 0 saturated heterocycles. The second kappa shape index (κ2) is 7.86. The van der Waals surface area contributed by atoms with Crippen molar-refractivity contribution in [3.8, 4) is 0 Å². The minimum Gasteiger partial charge on any atom is -0.396 e. The molecular weight excluding hydrogens is 344 g/mol. The third kappa shape index (κ3) is 3.75. The van der Waals surface area contributed by atoms with Gasteiger partial charge in [0.25, 0.3) is 0 Å². The average molecular weight is 376 g/mol. The van der Waals surface area contributed by atoms with Gasteiger partial charge in [0.2, 0.25) is 5.91 Å². The van der Waals surface area contributed by atoms with Gasteiger partial charge in [0.05, 0.1) is 18.8 Å². The van der Waals surface area contributed by atoms with Gasteiger partial charge in [-0.05, 0) is 54.6 Å². The Morgan fingerprint density at radius 1 is 1.30 bits per heavy atom. The molecule has 3 rings (SSSR count). The number of carbonyl (C=O) groups excluding carboxylic acids is 1. The van der Waals surface area contributed by atoms with E-state index in [0.29, 0.717) is 19.4 Å². The zero-order valence-electron chi connectivity index (χ0n) is 16.3. The van der Waals surface area contributed by atoms with Crippen LogP contribution in [-0.4, -0.2) is 45.0 Å². The molecule has 2 saturated carbocycles. The van der Waals surface area contributed by atoms with Crippen molar-refractivity contribution in [2.24, 2.45) is 22.7 Å². The third-order valence-corrected chi connectivity index (χ3v) is 7.33. The number of pyridine rings is 1. The Balaban J connectivity index is 1.72. The Kier molecular flexibility index (Phi) is 5.89. The van der Waals surface area contributed by atoms with E-state index < -0.39 is 17.6 Å². The maximum atomic E-state index is 12.6. The monoisotopic (exact) mass is 376 g/mol. The van der Waals surface area contributed by atoms with Crippen LogP contribution in [0.5, 0.6) is 0 Å². The fourth-order valence-corrected chi connectivity index (χ4v) is 5.58. The number of carbonyl (C=O) groups is 1. The molecule has 1 aromatic rings. The molecule has 0 bridgehead atoms. The van der Waals surface area contributed by atoms with E-state index in [1.165, 1.54) is 0 Å². The van der Waals surface area contributed by atoms with Crippen LogP contribution in [0, 0.1) is 22.7 Å². The summed E-state index contributed by atoms with van der Waals surface area (Å²) in [4.78, 5) is 16.6. The molecule has 0 unspecified atom stereocenters. The van der Waals surface area contributed by atoms with Crippen LogP contribution < -0.4 is 5.32 Å². The highest BCUT2D eigenvalue weighted by Crippen LogP contribution is 2.60. The summed E-state index contributed by atoms with van der Waals surface area (Å²) in [6.45, 7) is 4.41. The van der Waals surface area contributed by atoms with Gasteiger partial charge in [-0.3, -0.25) is 9.78 Å². The second-order valence-corrected chi connectivity index (χ2v) is 8.87. The molecule has 2 fully saturated rings. The van der Waals surface area contributed by atoms with E-state index in [1.807, 2.05) is 19.1 Å². The fourth-order valence-electron chi connectivity index (χ4n) is 5.58. The molecule has 1 amide bonds. The number of amides is 1. The Bertz CT molecular complexity index is 655. The van der Waals surface area contributed by atoms with Crippen molar-refractivity contribution in [3.05, 3.63) is 30.1 Å². The summed E-state index contributed by atoms with van der Waals surface area (Å²) in [5.41, 5.74) is 0.0743. The topological polar surface area (TPSA) is 103 Å². The van der Waals surface area contributed by atoms with Crippen molar-refractivity contribution >= 4 is 5.91 Å². The molecule has 0 spiro atoms. The minimum absolute atomic E-state index is 0.0789. The highest BCUT2D eigenvalue weighted by Gasteiger charge is 2.58. The van der Waals surface area contributed by atoms with Crippen molar-refractivity contribution in [1.29, 1.82) is 0 Å². The van der Waals surface area contributed by atoms with Crippen LogP contribution in [0.15, 0.2) is 24.5 Å². The van der Waals surface area contributed by atoms with E-state index in [9.17, 15) is 20.1 Å². The number of hydrogen-bond acceptors (Lipinski definition) is 5. The highest BCUT2D eigenvalue weighted by molar-refractivity contribution is 5.76. The number of fused-ring (bicyclic) bond motifs is 1. The number of aliphatic hydroxyl groups excluding tert-OH is 3. The minimum atomic E-state index is -0.586. The molecule has 0 aromatic carbocycles. The van der Waals surface area contributed by atoms with Crippen molar-refractivity contribution < 1.29 is 20.1 Å². The normalized spacial score (nSPS) is 38.9. The lowest BCUT2D eigenvalue weighted by molar-refractivity contribution is -0.185. The van der Waals surface area contributed by atoms with Gasteiger partial charge in [0.15, 0.2) is 0 Å². The molecule has 0 aliphatic heterocycles. The standard InChI is InChI=1S/C21H32N2O4/c1-20-8-7-18(26)21(2,13-24)17(20)6-5-16(25)15(20)10-19(27)23-12-14-4-3-9-22-11-14/h3-4,9,11,15-18,24-26H,5-8,10,12-13H2,1-2H3,(H,23,27)/t15-,16-,17+,18-,20+,21+/m1/s1. The smallest absolute Gasteiger partial charge is 0.220 e. The molecule has 6 atom stereocenters. The summed E-state index contributed by atoms with van der Waals surface area (Å²) < 4.78 is 0. The number of nitrogens with one attached hydrogen (secondary N) is 1. The lowest BCUT2D eigenvalue weighted by Gasteiger charge is -2.60. The predicted molar refractivity (Wildman–Crippen MR) is 101 cm³/mol. The van der Waals surface area contributed by atoms with Crippen molar-refractivity contribution in [2.45, 2.75) is 64.7 Å². The number of hydrogen-bond donors (Lipinski definition) is 4. The summed E-state index contributed by atoms with van der Waals surface area (Å²) in [5.74, 6) is -0.177. The maximum Gasteiger partial charge on any atom is 0.220 e. The molecule has 6 nitrogen and oxygen atoms in total. The first-order valence-corrected chi connectivity index (χ1v) is 9.94. The van der Waals surface area contributed by atoms with E-state index in [2.05, 4.69) is 17.2 Å². The van der Waals surface area contributed by atoms with Crippen LogP contribution in [0.4, 0.5) is 0 Å². The van der Waals surface area contributed by atoms with Crippen LogP contribution in [0.3, 0.4) is 0 Å². The lowest BCUT2D eigenvalue weighted by atomic mass is 9.46. The predicted octanol–water partition coefficient (Wildman–Crippen LogP) is 1.63. The molecule has 1 aromatic heterocycles. The summed E-state index contributed by atoms with van der Waals surface area (Å²) in [5, 5.41) is 34.2. The van der Waals surface area contributed by atoms with Gasteiger partial charge >= 0.3 is 0 Å². The van der Waals surface area contributed by atoms with Gasteiger partial charge in [-0.15, -0.1) is 0 Å². The zero-order chi connectivity index (χ0) is 19.7. The van der Waals surface area contributed by atoms with E-state index in [-0.39, 0.29) is 36.2 Å². The third-order valence-electron chi connectivity index (χ3n) is 7.33. The lowest BCUT2D eigenvalue weighted by Crippen LogP contribution is -2.60. The molecule has 6 heteroatoms. The molecule has 4 N–H and O–H groups in total. The van der Waals surface area contributed by atoms with Crippen LogP contribution in [-0.2, 0) is 11.3 Å². The molecule has 2 aliphatic carbocycles. The number of rotatable bonds is 5. The van der Waals surface area contributed by atoms with Crippen LogP contribution in [0.2, 0.25) is 0 Å². The van der Waals surface area contributed by atoms with E-state index in [1.54, 1.807) is 12.4 Å². The zero-order valence-corrected chi connectivity index (χ0v) is 16.3. The van der Waals surface area contributed by atoms with Crippen molar-refractivity contribution in [1.82, 2.24) is 10.3 Å². The Hall–Kier alpha value is -1.50. The molecule has 0 radical (unpaired) electrons. The molecule has 27 heavy (non-hydrogen) atoms. The van der Waals surface area contributed by atoms with Crippen molar-refractivity contribution in [3.63, 3.8) is 0 Å². The number of aromatic nitrogens is 1. The number of nitrogens with zero attached hydrogens (tertiary/aromatic N) is 1. The quantitative estimate of drug-likeness (QED) is 0.626. The Morgan fingerprint density at radius 3 is 2.74 bits per heavy atom. The first kappa shape index (κ1) is 20.2. The van der Waals surface area contributed by atoms with Gasteiger partial charge in [-0.1, -0.05) is 19.9 Å². The SMILES string of the molecule is C[C@]1(CO)[C@H]2CC[C@@H](O)[C@@H](CC(=O)NCc3cccnc3)[C@]2(C)CC[C@H]1O. The van der Waals surface area contributed by atoms with Gasteiger partial charge in [0.1, 0.15) is 0 Å². The van der Waals surface area contributed by atoms with Crippen LogP contribution in [0.1, 0.15) is 51.5 Å². The maximum absolute atomic E-state index is 12.6. The van der Waals surface area contributed by atoms with Gasteiger partial charge in [-0.25, -0.2) is 0 Å². The van der Waals surface area contributed by atoms with Gasteiger partial charge in [-0.2, -0.15) is 0 Å². The Labute approximate surface area is 161 Å². The first-order chi connectivity index (χ1) is 12.8. The van der Waals surface area contributed by atoms with Crippen molar-refractivity contribution in [2.75, 3.05) is 6.61 Å². The van der Waals surface area contributed by atoms with E-state index in [4.69, 9.17) is 0 Å². The first-order valence-electron chi connectivity index (χ1n) is 9.94. The van der Waals surface area contributed by atoms with Crippen LogP contribution in [0.25, 0.3) is 0 Å². The Morgan fingerprint density at radius 2 is 2.07 bits per heavy atom. The fraction of sp³-hybridized carbons (Fsp3) is 0.714. The summed E-state index contributed by atoms with van der Waals surface area (Å²) in [7, 11) is 0. The number of aliphatic hydroxyl groups is 3. The van der Waals surface area contributed by atoms with E-state index >= 15 is 0 Å². The second-order valence-electron chi connectivity index (χ2n) is 8.87. The average Bonchev–Trinajstić information content (AvgIpc) is 2.67. The van der Waals surface area contributed by atoms with Crippen LogP contribution >= 0.6 is 0 Å². The highest BCUT2D eigenvalue weighted by atomic mass is 16.3. The summed E-state index contributed by atoms with van der Waals surface area (Å²) in [6.07, 6.45) is 5.30. The van der Waals surface area contributed by atoms with E-state index in [0.717, 1.165) is 18.4 Å². The largest absolute Gasteiger partial charge is 0.396 e.